The molecule has 3 heterocycles. The van der Waals surface area contributed by atoms with E-state index in [4.69, 9.17) is 4.74 Å². The zero-order valence-electron chi connectivity index (χ0n) is 13.3. The summed E-state index contributed by atoms with van der Waals surface area (Å²) in [6, 6.07) is 9.88. The monoisotopic (exact) mass is 339 g/mol. The highest BCUT2D eigenvalue weighted by atomic mass is 32.1. The van der Waals surface area contributed by atoms with Gasteiger partial charge in [0.1, 0.15) is 18.2 Å². The number of imidazole rings is 1. The molecule has 1 aliphatic heterocycles. The molecule has 0 bridgehead atoms. The maximum Gasteiger partial charge on any atom is 0.261 e. The van der Waals surface area contributed by atoms with E-state index in [0.717, 1.165) is 32.5 Å². The molecule has 0 atom stereocenters. The number of aromatic nitrogens is 2. The first kappa shape index (κ1) is 15.0. The Hall–Kier alpha value is -2.60. The molecule has 6 heteroatoms. The smallest absolute Gasteiger partial charge is 0.261 e. The van der Waals surface area contributed by atoms with Gasteiger partial charge in [0.15, 0.2) is 0 Å². The molecule has 1 aromatic carbocycles. The van der Waals surface area contributed by atoms with Gasteiger partial charge in [0.25, 0.3) is 5.91 Å². The first-order chi connectivity index (χ1) is 11.7. The predicted octanol–water partition coefficient (Wildman–Crippen LogP) is 3.01. The average molecular weight is 339 g/mol. The maximum atomic E-state index is 12.4. The van der Waals surface area contributed by atoms with Crippen molar-refractivity contribution >= 4 is 17.2 Å². The summed E-state index contributed by atoms with van der Waals surface area (Å²) in [4.78, 5) is 18.5. The first-order valence-corrected chi connectivity index (χ1v) is 8.63. The number of carbonyl (C=O) groups excluding carboxylic acids is 1. The van der Waals surface area contributed by atoms with Crippen LogP contribution in [0.3, 0.4) is 0 Å². The van der Waals surface area contributed by atoms with E-state index in [-0.39, 0.29) is 5.91 Å². The molecule has 0 aliphatic carbocycles. The highest BCUT2D eigenvalue weighted by Gasteiger charge is 2.22. The molecule has 1 aliphatic rings. The van der Waals surface area contributed by atoms with Crippen molar-refractivity contribution in [2.75, 3.05) is 6.54 Å². The zero-order valence-corrected chi connectivity index (χ0v) is 14.1. The minimum atomic E-state index is -0.0407. The average Bonchev–Trinajstić information content (AvgIpc) is 3.21. The van der Waals surface area contributed by atoms with Gasteiger partial charge in [-0.1, -0.05) is 12.1 Å². The Balaban J connectivity index is 1.47. The summed E-state index contributed by atoms with van der Waals surface area (Å²) in [6.07, 6.45) is 4.39. The summed E-state index contributed by atoms with van der Waals surface area (Å²) < 4.78 is 7.71. The predicted molar refractivity (Wildman–Crippen MR) is 93.3 cm³/mol. The van der Waals surface area contributed by atoms with E-state index in [0.29, 0.717) is 19.6 Å². The van der Waals surface area contributed by atoms with E-state index in [2.05, 4.69) is 10.3 Å². The number of benzene rings is 1. The Morgan fingerprint density at radius 1 is 1.42 bits per heavy atom. The molecule has 0 saturated heterocycles. The molecule has 1 amide bonds. The lowest BCUT2D eigenvalue weighted by Gasteiger charge is -2.16. The number of carbonyl (C=O) groups is 1. The summed E-state index contributed by atoms with van der Waals surface area (Å²) in [5, 5.41) is 2.97. The van der Waals surface area contributed by atoms with E-state index < -0.39 is 0 Å². The third-order valence-corrected chi connectivity index (χ3v) is 5.31. The van der Waals surface area contributed by atoms with Crippen LogP contribution in [0.2, 0.25) is 0 Å². The van der Waals surface area contributed by atoms with Crippen LogP contribution in [-0.2, 0) is 20.1 Å². The van der Waals surface area contributed by atoms with Crippen molar-refractivity contribution in [3.63, 3.8) is 0 Å². The van der Waals surface area contributed by atoms with Crippen LogP contribution in [0.4, 0.5) is 0 Å². The third-order valence-electron chi connectivity index (χ3n) is 4.10. The van der Waals surface area contributed by atoms with Gasteiger partial charge < -0.3 is 14.6 Å². The molecule has 0 spiro atoms. The van der Waals surface area contributed by atoms with Gasteiger partial charge in [-0.15, -0.1) is 11.3 Å². The second kappa shape index (κ2) is 6.13. The maximum absolute atomic E-state index is 12.4. The number of thiophene rings is 1. The molecule has 0 radical (unpaired) electrons. The molecule has 3 aromatic rings. The number of aryl methyl sites for hydroxylation is 1. The number of para-hydroxylation sites is 1. The summed E-state index contributed by atoms with van der Waals surface area (Å²) >= 11 is 1.52. The van der Waals surface area contributed by atoms with Gasteiger partial charge in [-0.25, -0.2) is 4.98 Å². The minimum absolute atomic E-state index is 0.0407. The van der Waals surface area contributed by atoms with Crippen LogP contribution in [0.25, 0.3) is 10.4 Å². The highest BCUT2D eigenvalue weighted by molar-refractivity contribution is 7.17. The summed E-state index contributed by atoms with van der Waals surface area (Å²) in [7, 11) is 1.95. The second-order valence-corrected chi connectivity index (χ2v) is 6.76. The SMILES string of the molecule is Cn1ccnc1CCNC(=O)c1cc2c(s1)-c1ccccc1OC2. The molecule has 4 rings (SSSR count). The molecule has 24 heavy (non-hydrogen) atoms. The van der Waals surface area contributed by atoms with E-state index in [1.807, 2.05) is 48.1 Å². The molecule has 0 unspecified atom stereocenters. The molecule has 1 N–H and O–H groups in total. The van der Waals surface area contributed by atoms with Gasteiger partial charge in [0, 0.05) is 48.4 Å². The van der Waals surface area contributed by atoms with Crippen LogP contribution < -0.4 is 10.1 Å². The molecular formula is C18H17N3O2S. The number of amides is 1. The van der Waals surface area contributed by atoms with Crippen molar-refractivity contribution in [2.45, 2.75) is 13.0 Å². The molecule has 0 fully saturated rings. The topological polar surface area (TPSA) is 56.2 Å². The van der Waals surface area contributed by atoms with Gasteiger partial charge in [0.05, 0.1) is 4.88 Å². The number of nitrogens with zero attached hydrogens (tertiary/aromatic N) is 2. The van der Waals surface area contributed by atoms with Gasteiger partial charge in [-0.3, -0.25) is 4.79 Å². The number of hydrogen-bond donors (Lipinski definition) is 1. The van der Waals surface area contributed by atoms with Crippen molar-refractivity contribution in [1.82, 2.24) is 14.9 Å². The van der Waals surface area contributed by atoms with Crippen molar-refractivity contribution in [3.8, 4) is 16.2 Å². The number of fused-ring (bicyclic) bond motifs is 3. The van der Waals surface area contributed by atoms with Crippen molar-refractivity contribution in [1.29, 1.82) is 0 Å². The van der Waals surface area contributed by atoms with E-state index in [9.17, 15) is 4.79 Å². The molecule has 0 saturated carbocycles. The van der Waals surface area contributed by atoms with E-state index in [1.54, 1.807) is 6.20 Å². The Morgan fingerprint density at radius 2 is 2.29 bits per heavy atom. The fraction of sp³-hybridized carbons (Fsp3) is 0.222. The van der Waals surface area contributed by atoms with Crippen LogP contribution in [0.5, 0.6) is 5.75 Å². The third kappa shape index (κ3) is 2.69. The van der Waals surface area contributed by atoms with Crippen LogP contribution in [-0.4, -0.2) is 22.0 Å². The molecule has 5 nitrogen and oxygen atoms in total. The quantitative estimate of drug-likeness (QED) is 0.795. The van der Waals surface area contributed by atoms with E-state index >= 15 is 0 Å². The number of hydrogen-bond acceptors (Lipinski definition) is 4. The number of nitrogens with one attached hydrogen (secondary N) is 1. The van der Waals surface area contributed by atoms with Gasteiger partial charge in [-0.05, 0) is 18.2 Å². The first-order valence-electron chi connectivity index (χ1n) is 7.81. The van der Waals surface area contributed by atoms with Crippen molar-refractivity contribution in [3.05, 3.63) is 59.0 Å². The molecule has 2 aromatic heterocycles. The lowest BCUT2D eigenvalue weighted by Crippen LogP contribution is -2.25. The lowest BCUT2D eigenvalue weighted by molar-refractivity contribution is 0.0958. The van der Waals surface area contributed by atoms with Crippen LogP contribution in [0.1, 0.15) is 21.1 Å². The number of ether oxygens (including phenoxy) is 1. The Morgan fingerprint density at radius 3 is 3.12 bits per heavy atom. The van der Waals surface area contributed by atoms with Crippen LogP contribution in [0.15, 0.2) is 42.7 Å². The highest BCUT2D eigenvalue weighted by Crippen LogP contribution is 2.42. The summed E-state index contributed by atoms with van der Waals surface area (Å²) in [5.74, 6) is 1.80. The van der Waals surface area contributed by atoms with Gasteiger partial charge >= 0.3 is 0 Å². The zero-order chi connectivity index (χ0) is 16.5. The van der Waals surface area contributed by atoms with Gasteiger partial charge in [-0.2, -0.15) is 0 Å². The van der Waals surface area contributed by atoms with Gasteiger partial charge in [0.2, 0.25) is 0 Å². The normalized spacial score (nSPS) is 12.2. The Labute approximate surface area is 143 Å². The summed E-state index contributed by atoms with van der Waals surface area (Å²) in [6.45, 7) is 1.09. The molecular weight excluding hydrogens is 322 g/mol. The van der Waals surface area contributed by atoms with E-state index in [1.165, 1.54) is 11.3 Å². The molecule has 122 valence electrons. The van der Waals surface area contributed by atoms with Crippen LogP contribution in [0, 0.1) is 0 Å². The minimum Gasteiger partial charge on any atom is -0.488 e. The Bertz CT molecular complexity index is 897. The van der Waals surface area contributed by atoms with Crippen molar-refractivity contribution < 1.29 is 9.53 Å². The fourth-order valence-electron chi connectivity index (χ4n) is 2.82. The fourth-order valence-corrected chi connectivity index (χ4v) is 3.94. The standard InChI is InChI=1S/C18H17N3O2S/c1-21-9-8-19-16(21)6-7-20-18(22)15-10-12-11-23-14-5-3-2-4-13(14)17(12)24-15/h2-5,8-10H,6-7,11H2,1H3,(H,20,22). The lowest BCUT2D eigenvalue weighted by atomic mass is 10.1. The number of rotatable bonds is 4. The van der Waals surface area contributed by atoms with Crippen LogP contribution >= 0.6 is 11.3 Å². The second-order valence-electron chi connectivity index (χ2n) is 5.71. The van der Waals surface area contributed by atoms with Crippen molar-refractivity contribution in [2.24, 2.45) is 7.05 Å². The Kier molecular flexibility index (Phi) is 3.82. The summed E-state index contributed by atoms with van der Waals surface area (Å²) in [5.41, 5.74) is 2.14. The largest absolute Gasteiger partial charge is 0.488 e.